The van der Waals surface area contributed by atoms with Gasteiger partial charge in [0.2, 0.25) is 11.8 Å². The van der Waals surface area contributed by atoms with Gasteiger partial charge in [-0.1, -0.05) is 41.3 Å². The molecule has 6 nitrogen and oxygen atoms in total. The molecular weight excluding hydrogens is 408 g/mol. The quantitative estimate of drug-likeness (QED) is 0.791. The number of nitrogens with zero attached hydrogens (tertiary/aromatic N) is 3. The Kier molecular flexibility index (Phi) is 5.29. The number of anilines is 2. The second kappa shape index (κ2) is 7.84. The fraction of sp³-hybridized carbons (Fsp3) is 0.450. The summed E-state index contributed by atoms with van der Waals surface area (Å²) in [5, 5.41) is 7.43. The Morgan fingerprint density at radius 3 is 2.78 bits per heavy atom. The number of hydrogen-bond acceptors (Lipinski definition) is 3. The molecule has 1 saturated heterocycles. The highest BCUT2D eigenvalue weighted by Crippen LogP contribution is 2.31. The SMILES string of the molecule is O=C(Nc1ccnn1C1CCCCC1)C1CC(=O)N(c2cccc(Br)c2)C1. The predicted molar refractivity (Wildman–Crippen MR) is 108 cm³/mol. The standard InChI is InChI=1S/C20H23BrN4O2/c21-15-5-4-8-17(12-15)24-13-14(11-19(24)26)20(27)23-18-9-10-22-25(18)16-6-2-1-3-7-16/h4-5,8-10,12,14,16H,1-3,6-7,11,13H2,(H,23,27). The molecule has 1 atom stereocenters. The number of rotatable bonds is 4. The number of benzene rings is 1. The van der Waals surface area contributed by atoms with E-state index in [0.29, 0.717) is 12.6 Å². The molecule has 1 N–H and O–H groups in total. The molecule has 0 radical (unpaired) electrons. The summed E-state index contributed by atoms with van der Waals surface area (Å²) in [5.74, 6) is 0.249. The molecule has 142 valence electrons. The van der Waals surface area contributed by atoms with Crippen molar-refractivity contribution in [2.45, 2.75) is 44.6 Å². The van der Waals surface area contributed by atoms with Gasteiger partial charge in [0.1, 0.15) is 5.82 Å². The lowest BCUT2D eigenvalue weighted by molar-refractivity contribution is -0.122. The average Bonchev–Trinajstić information content (AvgIpc) is 3.29. The molecule has 2 aliphatic rings. The van der Waals surface area contributed by atoms with E-state index < -0.39 is 0 Å². The molecule has 1 aromatic heterocycles. The van der Waals surface area contributed by atoms with Gasteiger partial charge in [-0.3, -0.25) is 9.59 Å². The molecule has 1 aliphatic carbocycles. The van der Waals surface area contributed by atoms with Crippen LogP contribution in [-0.2, 0) is 9.59 Å². The lowest BCUT2D eigenvalue weighted by Gasteiger charge is -2.24. The minimum atomic E-state index is -0.355. The van der Waals surface area contributed by atoms with Gasteiger partial charge in [0.25, 0.3) is 0 Å². The number of carbonyl (C=O) groups is 2. The van der Waals surface area contributed by atoms with Crippen LogP contribution in [0.25, 0.3) is 0 Å². The van der Waals surface area contributed by atoms with Gasteiger partial charge in [-0.2, -0.15) is 5.10 Å². The fourth-order valence-electron chi connectivity index (χ4n) is 4.03. The van der Waals surface area contributed by atoms with E-state index in [1.54, 1.807) is 11.1 Å². The summed E-state index contributed by atoms with van der Waals surface area (Å²) in [5.41, 5.74) is 0.817. The van der Waals surface area contributed by atoms with Gasteiger partial charge >= 0.3 is 0 Å². The normalized spacial score (nSPS) is 20.9. The number of amides is 2. The van der Waals surface area contributed by atoms with Crippen LogP contribution in [0.1, 0.15) is 44.6 Å². The minimum absolute atomic E-state index is 0.0194. The molecular formula is C20H23BrN4O2. The van der Waals surface area contributed by atoms with Crippen molar-refractivity contribution in [1.82, 2.24) is 9.78 Å². The molecule has 1 saturated carbocycles. The van der Waals surface area contributed by atoms with Crippen LogP contribution in [0, 0.1) is 5.92 Å². The Morgan fingerprint density at radius 2 is 2.00 bits per heavy atom. The summed E-state index contributed by atoms with van der Waals surface area (Å²) in [6.45, 7) is 0.401. The second-order valence-corrected chi connectivity index (χ2v) is 8.24. The first-order valence-corrected chi connectivity index (χ1v) is 10.3. The predicted octanol–water partition coefficient (Wildman–Crippen LogP) is 4.14. The number of nitrogens with one attached hydrogen (secondary N) is 1. The zero-order chi connectivity index (χ0) is 18.8. The maximum absolute atomic E-state index is 12.8. The molecule has 7 heteroatoms. The summed E-state index contributed by atoms with van der Waals surface area (Å²) in [6, 6.07) is 9.79. The molecule has 2 amide bonds. The van der Waals surface area contributed by atoms with Crippen molar-refractivity contribution in [2.24, 2.45) is 5.92 Å². The lowest BCUT2D eigenvalue weighted by atomic mass is 9.96. The van der Waals surface area contributed by atoms with Crippen molar-refractivity contribution in [3.8, 4) is 0 Å². The van der Waals surface area contributed by atoms with E-state index in [2.05, 4.69) is 26.3 Å². The van der Waals surface area contributed by atoms with Gasteiger partial charge < -0.3 is 10.2 Å². The number of hydrogen-bond donors (Lipinski definition) is 1. The summed E-state index contributed by atoms with van der Waals surface area (Å²) in [4.78, 5) is 26.9. The maximum atomic E-state index is 12.8. The summed E-state index contributed by atoms with van der Waals surface area (Å²) < 4.78 is 2.86. The monoisotopic (exact) mass is 430 g/mol. The lowest BCUT2D eigenvalue weighted by Crippen LogP contribution is -2.29. The molecule has 0 spiro atoms. The van der Waals surface area contributed by atoms with E-state index in [0.717, 1.165) is 28.8 Å². The van der Waals surface area contributed by atoms with E-state index in [-0.39, 0.29) is 24.2 Å². The van der Waals surface area contributed by atoms with Gasteiger partial charge in [0, 0.05) is 29.2 Å². The Bertz CT molecular complexity index is 844. The molecule has 2 aromatic rings. The Balaban J connectivity index is 1.44. The maximum Gasteiger partial charge on any atom is 0.230 e. The number of halogens is 1. The third-order valence-corrected chi connectivity index (χ3v) is 5.95. The molecule has 1 aliphatic heterocycles. The molecule has 2 fully saturated rings. The molecule has 1 unspecified atom stereocenters. The zero-order valence-corrected chi connectivity index (χ0v) is 16.7. The van der Waals surface area contributed by atoms with E-state index in [4.69, 9.17) is 0 Å². The molecule has 2 heterocycles. The van der Waals surface area contributed by atoms with E-state index in [1.165, 1.54) is 19.3 Å². The minimum Gasteiger partial charge on any atom is -0.312 e. The largest absolute Gasteiger partial charge is 0.312 e. The van der Waals surface area contributed by atoms with Gasteiger partial charge in [-0.05, 0) is 31.0 Å². The van der Waals surface area contributed by atoms with Crippen molar-refractivity contribution in [3.05, 3.63) is 41.0 Å². The van der Waals surface area contributed by atoms with E-state index in [9.17, 15) is 9.59 Å². The first kappa shape index (κ1) is 18.2. The van der Waals surface area contributed by atoms with Crippen molar-refractivity contribution in [3.63, 3.8) is 0 Å². The van der Waals surface area contributed by atoms with Crippen LogP contribution in [0.4, 0.5) is 11.5 Å². The van der Waals surface area contributed by atoms with Crippen molar-refractivity contribution in [2.75, 3.05) is 16.8 Å². The third-order valence-electron chi connectivity index (χ3n) is 5.46. The van der Waals surface area contributed by atoms with Crippen molar-refractivity contribution >= 4 is 39.2 Å². The van der Waals surface area contributed by atoms with Crippen LogP contribution >= 0.6 is 15.9 Å². The van der Waals surface area contributed by atoms with Crippen molar-refractivity contribution in [1.29, 1.82) is 0 Å². The topological polar surface area (TPSA) is 67.2 Å². The Hall–Kier alpha value is -2.15. The second-order valence-electron chi connectivity index (χ2n) is 7.33. The summed E-state index contributed by atoms with van der Waals surface area (Å²) >= 11 is 3.43. The highest BCUT2D eigenvalue weighted by molar-refractivity contribution is 9.10. The molecule has 4 rings (SSSR count). The van der Waals surface area contributed by atoms with Gasteiger partial charge in [0.15, 0.2) is 0 Å². The summed E-state index contributed by atoms with van der Waals surface area (Å²) in [7, 11) is 0. The number of aromatic nitrogens is 2. The molecule has 27 heavy (non-hydrogen) atoms. The van der Waals surface area contributed by atoms with Crippen LogP contribution < -0.4 is 10.2 Å². The van der Waals surface area contributed by atoms with Crippen LogP contribution in [0.3, 0.4) is 0 Å². The molecule has 0 bridgehead atoms. The molecule has 1 aromatic carbocycles. The average molecular weight is 431 g/mol. The van der Waals surface area contributed by atoms with E-state index >= 15 is 0 Å². The van der Waals surface area contributed by atoms with E-state index in [1.807, 2.05) is 35.0 Å². The first-order valence-electron chi connectivity index (χ1n) is 9.52. The Morgan fingerprint density at radius 1 is 1.19 bits per heavy atom. The van der Waals surface area contributed by atoms with Gasteiger partial charge in [-0.25, -0.2) is 4.68 Å². The third kappa shape index (κ3) is 3.93. The zero-order valence-electron chi connectivity index (χ0n) is 15.1. The fourth-order valence-corrected chi connectivity index (χ4v) is 4.42. The van der Waals surface area contributed by atoms with Gasteiger partial charge in [-0.15, -0.1) is 0 Å². The van der Waals surface area contributed by atoms with Crippen LogP contribution in [0.5, 0.6) is 0 Å². The first-order chi connectivity index (χ1) is 13.1. The summed E-state index contributed by atoms with van der Waals surface area (Å²) in [6.07, 6.45) is 7.85. The van der Waals surface area contributed by atoms with Crippen LogP contribution in [0.2, 0.25) is 0 Å². The highest BCUT2D eigenvalue weighted by atomic mass is 79.9. The van der Waals surface area contributed by atoms with Crippen molar-refractivity contribution < 1.29 is 9.59 Å². The number of carbonyl (C=O) groups excluding carboxylic acids is 2. The van der Waals surface area contributed by atoms with Crippen LogP contribution in [-0.4, -0.2) is 28.1 Å². The smallest absolute Gasteiger partial charge is 0.230 e. The highest BCUT2D eigenvalue weighted by Gasteiger charge is 2.35. The Labute approximate surface area is 167 Å². The van der Waals surface area contributed by atoms with Gasteiger partial charge in [0.05, 0.1) is 18.2 Å². The van der Waals surface area contributed by atoms with Crippen LogP contribution in [0.15, 0.2) is 41.0 Å².